The highest BCUT2D eigenvalue weighted by atomic mass is 35.5. The lowest BCUT2D eigenvalue weighted by Crippen LogP contribution is -2.38. The van der Waals surface area contributed by atoms with Gasteiger partial charge in [-0.25, -0.2) is 0 Å². The molecule has 1 aromatic rings. The number of rotatable bonds is 3. The molecule has 1 aliphatic rings. The van der Waals surface area contributed by atoms with Gasteiger partial charge in [0.05, 0.1) is 12.1 Å². The molecule has 0 bridgehead atoms. The number of carboxylic acid groups (broad SMARTS) is 1. The molecule has 1 unspecified atom stereocenters. The Balaban J connectivity index is 0.00000144. The summed E-state index contributed by atoms with van der Waals surface area (Å²) in [5.74, 6) is -0.874. The number of likely N-dealkylation sites (tertiary alicyclic amines) is 1. The minimum absolute atomic E-state index is 0. The van der Waals surface area contributed by atoms with E-state index in [-0.39, 0.29) is 30.7 Å². The number of hydrogen-bond acceptors (Lipinski definition) is 3. The molecule has 18 heavy (non-hydrogen) atoms. The molecule has 2 heterocycles. The van der Waals surface area contributed by atoms with Crippen LogP contribution in [0, 0.1) is 5.92 Å². The molecule has 1 aromatic heterocycles. The lowest BCUT2D eigenvalue weighted by Gasteiger charge is -2.30. The summed E-state index contributed by atoms with van der Waals surface area (Å²) >= 11 is 0. The number of nitrogens with zero attached hydrogens (tertiary/aromatic N) is 3. The van der Waals surface area contributed by atoms with Crippen molar-refractivity contribution in [2.75, 3.05) is 13.1 Å². The van der Waals surface area contributed by atoms with Crippen LogP contribution in [0.15, 0.2) is 12.4 Å². The zero-order valence-electron chi connectivity index (χ0n) is 10.3. The third-order valence-electron chi connectivity index (χ3n) is 3.02. The van der Waals surface area contributed by atoms with Crippen molar-refractivity contribution >= 4 is 30.8 Å². The molecular formula is C11H19Cl2N3O2. The molecule has 0 saturated carbocycles. The molecule has 2 rings (SSSR count). The summed E-state index contributed by atoms with van der Waals surface area (Å²) in [7, 11) is 1.89. The molecule has 1 atom stereocenters. The highest BCUT2D eigenvalue weighted by molar-refractivity contribution is 5.85. The molecule has 5 nitrogen and oxygen atoms in total. The standard InChI is InChI=1S/C11H17N3O2.2ClH/c1-13-6-9(5-12-13)7-14-4-2-3-10(8-14)11(15)16;;/h5-6,10H,2-4,7-8H2,1H3,(H,15,16);2*1H. The number of carbonyl (C=O) groups is 1. The van der Waals surface area contributed by atoms with Gasteiger partial charge in [0, 0.05) is 31.9 Å². The Labute approximate surface area is 119 Å². The topological polar surface area (TPSA) is 58.4 Å². The first-order valence-corrected chi connectivity index (χ1v) is 5.58. The van der Waals surface area contributed by atoms with E-state index in [9.17, 15) is 4.79 Å². The maximum absolute atomic E-state index is 10.9. The van der Waals surface area contributed by atoms with Crippen LogP contribution in [0.3, 0.4) is 0 Å². The van der Waals surface area contributed by atoms with Crippen LogP contribution in [0.25, 0.3) is 0 Å². The summed E-state index contributed by atoms with van der Waals surface area (Å²) in [6.45, 7) is 2.44. The zero-order chi connectivity index (χ0) is 11.5. The fourth-order valence-corrected chi connectivity index (χ4v) is 2.21. The first kappa shape index (κ1) is 17.2. The van der Waals surface area contributed by atoms with Crippen LogP contribution in [0.2, 0.25) is 0 Å². The quantitative estimate of drug-likeness (QED) is 0.919. The third kappa shape index (κ3) is 4.48. The molecule has 0 aromatic carbocycles. The van der Waals surface area contributed by atoms with E-state index in [0.29, 0.717) is 6.54 Å². The van der Waals surface area contributed by atoms with Gasteiger partial charge in [-0.1, -0.05) is 0 Å². The Hall–Kier alpha value is -0.780. The number of aliphatic carboxylic acids is 1. The van der Waals surface area contributed by atoms with Crippen LogP contribution in [0.1, 0.15) is 18.4 Å². The number of aromatic nitrogens is 2. The molecular weight excluding hydrogens is 277 g/mol. The fourth-order valence-electron chi connectivity index (χ4n) is 2.21. The number of piperidine rings is 1. The van der Waals surface area contributed by atoms with Crippen molar-refractivity contribution in [3.05, 3.63) is 18.0 Å². The van der Waals surface area contributed by atoms with Crippen molar-refractivity contribution in [2.24, 2.45) is 13.0 Å². The van der Waals surface area contributed by atoms with Gasteiger partial charge in [0.25, 0.3) is 0 Å². The molecule has 0 aliphatic carbocycles. The van der Waals surface area contributed by atoms with E-state index in [4.69, 9.17) is 5.11 Å². The normalized spacial score (nSPS) is 19.7. The van der Waals surface area contributed by atoms with Crippen LogP contribution >= 0.6 is 24.8 Å². The molecule has 1 saturated heterocycles. The van der Waals surface area contributed by atoms with Crippen molar-refractivity contribution in [3.63, 3.8) is 0 Å². The van der Waals surface area contributed by atoms with Crippen molar-refractivity contribution in [2.45, 2.75) is 19.4 Å². The Morgan fingerprint density at radius 1 is 1.56 bits per heavy atom. The van der Waals surface area contributed by atoms with E-state index < -0.39 is 5.97 Å². The van der Waals surface area contributed by atoms with Gasteiger partial charge in [-0.15, -0.1) is 24.8 Å². The molecule has 0 spiro atoms. The molecule has 0 amide bonds. The minimum Gasteiger partial charge on any atom is -0.481 e. The van der Waals surface area contributed by atoms with E-state index >= 15 is 0 Å². The predicted octanol–water partition coefficient (Wildman–Crippen LogP) is 1.56. The smallest absolute Gasteiger partial charge is 0.307 e. The summed E-state index contributed by atoms with van der Waals surface area (Å²) < 4.78 is 1.77. The van der Waals surface area contributed by atoms with Gasteiger partial charge in [0.1, 0.15) is 0 Å². The van der Waals surface area contributed by atoms with Crippen LogP contribution < -0.4 is 0 Å². The van der Waals surface area contributed by atoms with Crippen molar-refractivity contribution < 1.29 is 9.90 Å². The van der Waals surface area contributed by atoms with Crippen molar-refractivity contribution in [1.82, 2.24) is 14.7 Å². The highest BCUT2D eigenvalue weighted by Crippen LogP contribution is 2.18. The Bertz CT molecular complexity index is 384. The van der Waals surface area contributed by atoms with Gasteiger partial charge in [-0.3, -0.25) is 14.4 Å². The second-order valence-corrected chi connectivity index (χ2v) is 4.43. The van der Waals surface area contributed by atoms with E-state index in [2.05, 4.69) is 10.00 Å². The average Bonchev–Trinajstić information content (AvgIpc) is 2.64. The molecule has 7 heteroatoms. The van der Waals surface area contributed by atoms with E-state index in [0.717, 1.165) is 31.5 Å². The first-order valence-electron chi connectivity index (χ1n) is 5.58. The number of aryl methyl sites for hydroxylation is 1. The van der Waals surface area contributed by atoms with Gasteiger partial charge in [-0.05, 0) is 19.4 Å². The fraction of sp³-hybridized carbons (Fsp3) is 0.636. The van der Waals surface area contributed by atoms with Gasteiger partial charge < -0.3 is 5.11 Å². The summed E-state index contributed by atoms with van der Waals surface area (Å²) in [4.78, 5) is 13.1. The van der Waals surface area contributed by atoms with Gasteiger partial charge in [0.2, 0.25) is 0 Å². The van der Waals surface area contributed by atoms with Crippen LogP contribution in [0.4, 0.5) is 0 Å². The van der Waals surface area contributed by atoms with Crippen molar-refractivity contribution in [3.8, 4) is 0 Å². The summed E-state index contributed by atoms with van der Waals surface area (Å²) in [6.07, 6.45) is 5.59. The summed E-state index contributed by atoms with van der Waals surface area (Å²) in [5, 5.41) is 13.1. The van der Waals surface area contributed by atoms with Gasteiger partial charge in [-0.2, -0.15) is 5.10 Å². The maximum Gasteiger partial charge on any atom is 0.307 e. The average molecular weight is 296 g/mol. The maximum atomic E-state index is 10.9. The summed E-state index contributed by atoms with van der Waals surface area (Å²) in [5.41, 5.74) is 1.15. The predicted molar refractivity (Wildman–Crippen MR) is 73.3 cm³/mol. The molecule has 1 aliphatic heterocycles. The van der Waals surface area contributed by atoms with E-state index in [1.807, 2.05) is 19.4 Å². The largest absolute Gasteiger partial charge is 0.481 e. The van der Waals surface area contributed by atoms with Crippen LogP contribution in [-0.4, -0.2) is 38.8 Å². The van der Waals surface area contributed by atoms with Crippen LogP contribution in [-0.2, 0) is 18.4 Å². The third-order valence-corrected chi connectivity index (χ3v) is 3.02. The highest BCUT2D eigenvalue weighted by Gasteiger charge is 2.25. The Morgan fingerprint density at radius 2 is 2.28 bits per heavy atom. The number of hydrogen-bond donors (Lipinski definition) is 1. The van der Waals surface area contributed by atoms with E-state index in [1.54, 1.807) is 4.68 Å². The lowest BCUT2D eigenvalue weighted by molar-refractivity contribution is -0.143. The number of halogens is 2. The lowest BCUT2D eigenvalue weighted by atomic mass is 9.98. The van der Waals surface area contributed by atoms with Gasteiger partial charge in [0.15, 0.2) is 0 Å². The monoisotopic (exact) mass is 295 g/mol. The number of carboxylic acids is 1. The molecule has 0 radical (unpaired) electrons. The molecule has 1 N–H and O–H groups in total. The molecule has 1 fully saturated rings. The van der Waals surface area contributed by atoms with E-state index in [1.165, 1.54) is 0 Å². The zero-order valence-corrected chi connectivity index (χ0v) is 11.9. The minimum atomic E-state index is -0.670. The SMILES string of the molecule is Cl.Cl.Cn1cc(CN2CCCC(C(=O)O)C2)cn1. The summed E-state index contributed by atoms with van der Waals surface area (Å²) in [6, 6.07) is 0. The Morgan fingerprint density at radius 3 is 2.83 bits per heavy atom. The van der Waals surface area contributed by atoms with Crippen LogP contribution in [0.5, 0.6) is 0 Å². The first-order chi connectivity index (χ1) is 7.65. The Kier molecular flexibility index (Phi) is 7.28. The second-order valence-electron chi connectivity index (χ2n) is 4.43. The second kappa shape index (κ2) is 7.61. The molecule has 104 valence electrons. The van der Waals surface area contributed by atoms with Crippen molar-refractivity contribution in [1.29, 1.82) is 0 Å². The van der Waals surface area contributed by atoms with Gasteiger partial charge >= 0.3 is 5.97 Å².